The Balaban J connectivity index is 2.81. The highest BCUT2D eigenvalue weighted by Gasteiger charge is 2.13. The van der Waals surface area contributed by atoms with Crippen LogP contribution in [-0.2, 0) is 0 Å². The van der Waals surface area contributed by atoms with Crippen LogP contribution >= 0.6 is 11.8 Å². The highest BCUT2D eigenvalue weighted by atomic mass is 32.2. The predicted molar refractivity (Wildman–Crippen MR) is 59.0 cm³/mol. The first-order chi connectivity index (χ1) is 6.79. The molecule has 78 valence electrons. The molecule has 1 unspecified atom stereocenters. The topological polar surface area (TPSA) is 24.9 Å². The Labute approximate surface area is 88.3 Å². The quantitative estimate of drug-likeness (QED) is 0.813. The number of rotatable bonds is 5. The highest BCUT2D eigenvalue weighted by Crippen LogP contribution is 2.18. The molecule has 4 heteroatoms. The Morgan fingerprint density at radius 2 is 2.43 bits per heavy atom. The Morgan fingerprint density at radius 1 is 1.64 bits per heavy atom. The molecule has 1 rings (SSSR count). The Hall–Kier alpha value is -0.610. The van der Waals surface area contributed by atoms with Crippen LogP contribution in [0.3, 0.4) is 0 Å². The van der Waals surface area contributed by atoms with Crippen molar-refractivity contribution in [2.75, 3.05) is 18.6 Å². The van der Waals surface area contributed by atoms with Crippen LogP contribution in [0.5, 0.6) is 0 Å². The Morgan fingerprint density at radius 3 is 3.00 bits per heavy atom. The lowest BCUT2D eigenvalue weighted by molar-refractivity contribution is 0.542. The summed E-state index contributed by atoms with van der Waals surface area (Å²) in [4.78, 5) is 3.74. The molecule has 0 aliphatic heterocycles. The van der Waals surface area contributed by atoms with Crippen molar-refractivity contribution in [3.63, 3.8) is 0 Å². The van der Waals surface area contributed by atoms with Gasteiger partial charge in [-0.2, -0.15) is 11.8 Å². The maximum Gasteiger partial charge on any atom is 0.146 e. The molecule has 0 amide bonds. The number of nitrogens with one attached hydrogen (secondary N) is 1. The number of hydrogen-bond donors (Lipinski definition) is 1. The van der Waals surface area contributed by atoms with E-state index >= 15 is 0 Å². The molecular weight excluding hydrogens is 199 g/mol. The van der Waals surface area contributed by atoms with Gasteiger partial charge in [0, 0.05) is 23.6 Å². The molecule has 0 fully saturated rings. The first-order valence-corrected chi connectivity index (χ1v) is 6.00. The number of aromatic nitrogens is 1. The van der Waals surface area contributed by atoms with E-state index in [0.717, 1.165) is 12.3 Å². The zero-order valence-corrected chi connectivity index (χ0v) is 9.27. The number of nitrogens with zero attached hydrogens (tertiary/aromatic N) is 1. The van der Waals surface area contributed by atoms with Gasteiger partial charge in [-0.3, -0.25) is 4.98 Å². The lowest BCUT2D eigenvalue weighted by atomic mass is 10.1. The minimum absolute atomic E-state index is 0.0815. The fraction of sp³-hybridized carbons (Fsp3) is 0.500. The molecule has 1 atom stereocenters. The summed E-state index contributed by atoms with van der Waals surface area (Å²) in [5, 5.41) is 3.25. The summed E-state index contributed by atoms with van der Waals surface area (Å²) < 4.78 is 13.4. The third-order valence-corrected chi connectivity index (χ3v) is 2.63. The zero-order valence-electron chi connectivity index (χ0n) is 8.46. The summed E-state index contributed by atoms with van der Waals surface area (Å²) in [7, 11) is 0. The second kappa shape index (κ2) is 5.98. The second-order valence-electron chi connectivity index (χ2n) is 2.96. The Kier molecular flexibility index (Phi) is 4.90. The number of hydrogen-bond acceptors (Lipinski definition) is 3. The van der Waals surface area contributed by atoms with Crippen LogP contribution in [0.15, 0.2) is 18.5 Å². The van der Waals surface area contributed by atoms with E-state index in [1.807, 2.05) is 13.2 Å². The van der Waals surface area contributed by atoms with Gasteiger partial charge in [0.25, 0.3) is 0 Å². The van der Waals surface area contributed by atoms with Crippen molar-refractivity contribution >= 4 is 11.8 Å². The van der Waals surface area contributed by atoms with Crippen molar-refractivity contribution in [2.24, 2.45) is 0 Å². The van der Waals surface area contributed by atoms with E-state index in [1.165, 1.54) is 6.20 Å². The third-order valence-electron chi connectivity index (χ3n) is 1.96. The van der Waals surface area contributed by atoms with Crippen molar-refractivity contribution in [1.29, 1.82) is 0 Å². The van der Waals surface area contributed by atoms with Crippen molar-refractivity contribution in [3.05, 3.63) is 29.8 Å². The maximum absolute atomic E-state index is 13.4. The first kappa shape index (κ1) is 11.5. The molecular formula is C10H15FN2S. The molecule has 0 spiro atoms. The summed E-state index contributed by atoms with van der Waals surface area (Å²) in [5.41, 5.74) is 0.705. The molecule has 1 heterocycles. The molecule has 1 aromatic rings. The van der Waals surface area contributed by atoms with Gasteiger partial charge in [-0.05, 0) is 18.9 Å². The van der Waals surface area contributed by atoms with Crippen molar-refractivity contribution in [1.82, 2.24) is 10.3 Å². The van der Waals surface area contributed by atoms with Gasteiger partial charge >= 0.3 is 0 Å². The van der Waals surface area contributed by atoms with Crippen LogP contribution in [0, 0.1) is 5.82 Å². The van der Waals surface area contributed by atoms with E-state index in [4.69, 9.17) is 0 Å². The number of pyridine rings is 1. The van der Waals surface area contributed by atoms with E-state index in [2.05, 4.69) is 10.3 Å². The van der Waals surface area contributed by atoms with Gasteiger partial charge < -0.3 is 5.32 Å². The smallest absolute Gasteiger partial charge is 0.146 e. The molecule has 14 heavy (non-hydrogen) atoms. The fourth-order valence-corrected chi connectivity index (χ4v) is 1.97. The van der Waals surface area contributed by atoms with E-state index in [-0.39, 0.29) is 11.9 Å². The van der Waals surface area contributed by atoms with Crippen LogP contribution in [-0.4, -0.2) is 23.5 Å². The molecule has 1 aromatic heterocycles. The second-order valence-corrected chi connectivity index (χ2v) is 3.87. The van der Waals surface area contributed by atoms with Gasteiger partial charge in [0.15, 0.2) is 0 Å². The summed E-state index contributed by atoms with van der Waals surface area (Å²) in [6, 6.07) is 1.82. The number of thioether (sulfide) groups is 1. The lowest BCUT2D eigenvalue weighted by Crippen LogP contribution is -2.23. The molecule has 2 nitrogen and oxygen atoms in total. The van der Waals surface area contributed by atoms with Gasteiger partial charge in [0.1, 0.15) is 5.82 Å². The van der Waals surface area contributed by atoms with E-state index in [9.17, 15) is 4.39 Å². The first-order valence-electron chi connectivity index (χ1n) is 4.61. The summed E-state index contributed by atoms with van der Waals surface area (Å²) in [6.07, 6.45) is 4.91. The summed E-state index contributed by atoms with van der Waals surface area (Å²) in [6.45, 7) is 2.86. The third kappa shape index (κ3) is 2.96. The molecule has 0 aliphatic carbocycles. The zero-order chi connectivity index (χ0) is 10.4. The normalized spacial score (nSPS) is 12.8. The lowest BCUT2D eigenvalue weighted by Gasteiger charge is -2.17. The average molecular weight is 214 g/mol. The predicted octanol–water partition coefficient (Wildman–Crippen LogP) is 2.23. The van der Waals surface area contributed by atoms with Crippen molar-refractivity contribution in [2.45, 2.75) is 13.0 Å². The van der Waals surface area contributed by atoms with Gasteiger partial charge in [0.2, 0.25) is 0 Å². The van der Waals surface area contributed by atoms with Gasteiger partial charge in [-0.15, -0.1) is 0 Å². The summed E-state index contributed by atoms with van der Waals surface area (Å²) in [5.74, 6) is 0.641. The Bertz CT molecular complexity index is 275. The highest BCUT2D eigenvalue weighted by molar-refractivity contribution is 7.98. The van der Waals surface area contributed by atoms with Gasteiger partial charge in [-0.1, -0.05) is 6.92 Å². The minimum Gasteiger partial charge on any atom is -0.309 e. The molecule has 0 saturated heterocycles. The molecule has 0 aromatic carbocycles. The molecule has 0 aliphatic rings. The monoisotopic (exact) mass is 214 g/mol. The van der Waals surface area contributed by atoms with Crippen LogP contribution in [0.4, 0.5) is 4.39 Å². The average Bonchev–Trinajstić information content (AvgIpc) is 2.18. The molecule has 1 N–H and O–H groups in total. The SMILES string of the molecule is CCNC(CSC)c1ccncc1F. The van der Waals surface area contributed by atoms with E-state index < -0.39 is 0 Å². The maximum atomic E-state index is 13.4. The largest absolute Gasteiger partial charge is 0.309 e. The fourth-order valence-electron chi connectivity index (χ4n) is 1.34. The minimum atomic E-state index is -0.229. The van der Waals surface area contributed by atoms with Crippen molar-refractivity contribution in [3.8, 4) is 0 Å². The van der Waals surface area contributed by atoms with E-state index in [0.29, 0.717) is 5.56 Å². The van der Waals surface area contributed by atoms with Crippen molar-refractivity contribution < 1.29 is 4.39 Å². The summed E-state index contributed by atoms with van der Waals surface area (Å²) >= 11 is 1.70. The van der Waals surface area contributed by atoms with Crippen LogP contribution in [0.25, 0.3) is 0 Å². The number of halogens is 1. The van der Waals surface area contributed by atoms with Gasteiger partial charge in [0.05, 0.1) is 6.20 Å². The van der Waals surface area contributed by atoms with Crippen LogP contribution in [0.1, 0.15) is 18.5 Å². The molecule has 0 bridgehead atoms. The van der Waals surface area contributed by atoms with Gasteiger partial charge in [-0.25, -0.2) is 4.39 Å². The standard InChI is InChI=1S/C10H15FN2S/c1-3-13-10(7-14-2)8-4-5-12-6-9(8)11/h4-6,10,13H,3,7H2,1-2H3. The molecule has 0 radical (unpaired) electrons. The van der Waals surface area contributed by atoms with E-state index in [1.54, 1.807) is 24.0 Å². The van der Waals surface area contributed by atoms with Crippen LogP contribution < -0.4 is 5.32 Å². The molecule has 0 saturated carbocycles. The van der Waals surface area contributed by atoms with Crippen LogP contribution in [0.2, 0.25) is 0 Å².